The standard InChI is InChI=1S/C15H20N2O5/c1-21-9-13(10-5-7-22-8-6-10)17-14(18)11-3-2-4-12(16-11)15(19)20/h2-4,10,13H,5-9H2,1H3,(H,17,18)(H,19,20). The number of carbonyl (C=O) groups is 2. The number of ether oxygens (including phenoxy) is 2. The lowest BCUT2D eigenvalue weighted by atomic mass is 9.92. The van der Waals surface area contributed by atoms with E-state index in [4.69, 9.17) is 14.6 Å². The Kier molecular flexibility index (Phi) is 5.85. The summed E-state index contributed by atoms with van der Waals surface area (Å²) in [7, 11) is 1.59. The molecule has 0 saturated carbocycles. The van der Waals surface area contributed by atoms with Crippen LogP contribution in [0.1, 0.15) is 33.8 Å². The fourth-order valence-corrected chi connectivity index (χ4v) is 2.52. The molecule has 0 spiro atoms. The Balaban J connectivity index is 2.06. The number of hydrogen-bond acceptors (Lipinski definition) is 5. The van der Waals surface area contributed by atoms with E-state index in [0.717, 1.165) is 12.8 Å². The predicted octanol–water partition coefficient (Wildman–Crippen LogP) is 0.951. The second kappa shape index (κ2) is 7.86. The number of rotatable bonds is 6. The first kappa shape index (κ1) is 16.4. The molecule has 1 atom stereocenters. The van der Waals surface area contributed by atoms with Crippen molar-refractivity contribution < 1.29 is 24.2 Å². The van der Waals surface area contributed by atoms with Gasteiger partial charge < -0.3 is 19.9 Å². The molecule has 1 fully saturated rings. The van der Waals surface area contributed by atoms with E-state index in [-0.39, 0.29) is 23.3 Å². The monoisotopic (exact) mass is 308 g/mol. The van der Waals surface area contributed by atoms with E-state index < -0.39 is 11.9 Å². The van der Waals surface area contributed by atoms with Gasteiger partial charge in [0.1, 0.15) is 11.4 Å². The van der Waals surface area contributed by atoms with E-state index in [1.54, 1.807) is 7.11 Å². The van der Waals surface area contributed by atoms with Crippen LogP contribution in [0.25, 0.3) is 0 Å². The summed E-state index contributed by atoms with van der Waals surface area (Å²) in [5.41, 5.74) is -0.0601. The lowest BCUT2D eigenvalue weighted by Crippen LogP contribution is -2.45. The quantitative estimate of drug-likeness (QED) is 0.812. The van der Waals surface area contributed by atoms with Crippen molar-refractivity contribution in [3.63, 3.8) is 0 Å². The van der Waals surface area contributed by atoms with Crippen LogP contribution in [0.4, 0.5) is 0 Å². The molecule has 1 saturated heterocycles. The number of nitrogens with zero attached hydrogens (tertiary/aromatic N) is 1. The Morgan fingerprint density at radius 3 is 2.73 bits per heavy atom. The van der Waals surface area contributed by atoms with Gasteiger partial charge in [0.05, 0.1) is 12.6 Å². The van der Waals surface area contributed by atoms with Gasteiger partial charge in [-0.15, -0.1) is 0 Å². The third-order valence-electron chi connectivity index (χ3n) is 3.70. The Morgan fingerprint density at radius 2 is 2.09 bits per heavy atom. The van der Waals surface area contributed by atoms with Crippen molar-refractivity contribution in [2.45, 2.75) is 18.9 Å². The molecule has 0 radical (unpaired) electrons. The van der Waals surface area contributed by atoms with Crippen LogP contribution in [-0.4, -0.2) is 54.9 Å². The molecule has 0 bridgehead atoms. The lowest BCUT2D eigenvalue weighted by molar-refractivity contribution is 0.0360. The minimum Gasteiger partial charge on any atom is -0.477 e. The SMILES string of the molecule is COCC(NC(=O)c1cccc(C(=O)O)n1)C1CCOCC1. The molecule has 1 aliphatic rings. The maximum Gasteiger partial charge on any atom is 0.354 e. The summed E-state index contributed by atoms with van der Waals surface area (Å²) >= 11 is 0. The van der Waals surface area contributed by atoms with Gasteiger partial charge in [-0.25, -0.2) is 9.78 Å². The van der Waals surface area contributed by atoms with Gasteiger partial charge in [0.25, 0.3) is 5.91 Å². The molecule has 2 heterocycles. The first-order valence-electron chi connectivity index (χ1n) is 7.19. The third-order valence-corrected chi connectivity index (χ3v) is 3.70. The summed E-state index contributed by atoms with van der Waals surface area (Å²) in [6.07, 6.45) is 1.72. The van der Waals surface area contributed by atoms with Gasteiger partial charge in [-0.3, -0.25) is 4.79 Å². The van der Waals surface area contributed by atoms with Gasteiger partial charge >= 0.3 is 5.97 Å². The van der Waals surface area contributed by atoms with Crippen molar-refractivity contribution in [3.8, 4) is 0 Å². The molecule has 0 aliphatic carbocycles. The van der Waals surface area contributed by atoms with E-state index in [1.807, 2.05) is 0 Å². The molecule has 0 aromatic carbocycles. The molecule has 1 aliphatic heterocycles. The molecular weight excluding hydrogens is 288 g/mol. The molecule has 1 aromatic rings. The zero-order valence-electron chi connectivity index (χ0n) is 12.4. The topological polar surface area (TPSA) is 97.8 Å². The minimum absolute atomic E-state index is 0.0908. The van der Waals surface area contributed by atoms with Crippen LogP contribution in [0.15, 0.2) is 18.2 Å². The van der Waals surface area contributed by atoms with Crippen molar-refractivity contribution in [3.05, 3.63) is 29.6 Å². The van der Waals surface area contributed by atoms with Gasteiger partial charge in [-0.1, -0.05) is 6.07 Å². The molecule has 1 unspecified atom stereocenters. The number of aromatic nitrogens is 1. The summed E-state index contributed by atoms with van der Waals surface area (Å²) in [6.45, 7) is 1.75. The number of aromatic carboxylic acids is 1. The van der Waals surface area contributed by atoms with Gasteiger partial charge in [0.2, 0.25) is 0 Å². The number of carboxylic acids is 1. The number of carboxylic acid groups (broad SMARTS) is 1. The average Bonchev–Trinajstić information content (AvgIpc) is 2.55. The minimum atomic E-state index is -1.16. The van der Waals surface area contributed by atoms with Crippen molar-refractivity contribution in [1.82, 2.24) is 10.3 Å². The fraction of sp³-hybridized carbons (Fsp3) is 0.533. The summed E-state index contributed by atoms with van der Waals surface area (Å²) < 4.78 is 10.5. The first-order valence-corrected chi connectivity index (χ1v) is 7.19. The van der Waals surface area contributed by atoms with Crippen molar-refractivity contribution >= 4 is 11.9 Å². The van der Waals surface area contributed by atoms with Crippen molar-refractivity contribution in [2.75, 3.05) is 26.9 Å². The summed E-state index contributed by atoms with van der Waals surface area (Å²) in [5.74, 6) is -1.27. The number of methoxy groups -OCH3 is 1. The van der Waals surface area contributed by atoms with Crippen LogP contribution in [0.3, 0.4) is 0 Å². The number of nitrogens with one attached hydrogen (secondary N) is 1. The maximum absolute atomic E-state index is 12.3. The molecule has 2 rings (SSSR count). The lowest BCUT2D eigenvalue weighted by Gasteiger charge is -2.30. The van der Waals surface area contributed by atoms with E-state index in [1.165, 1.54) is 18.2 Å². The van der Waals surface area contributed by atoms with Crippen LogP contribution in [-0.2, 0) is 9.47 Å². The summed E-state index contributed by atoms with van der Waals surface area (Å²) in [6, 6.07) is 4.21. The van der Waals surface area contributed by atoms with Gasteiger partial charge in [-0.2, -0.15) is 0 Å². The normalized spacial score (nSPS) is 17.0. The Labute approximate surface area is 128 Å². The van der Waals surface area contributed by atoms with Gasteiger partial charge in [0, 0.05) is 20.3 Å². The first-order chi connectivity index (χ1) is 10.6. The largest absolute Gasteiger partial charge is 0.477 e. The number of carbonyl (C=O) groups excluding carboxylic acids is 1. The van der Waals surface area contributed by atoms with E-state index in [9.17, 15) is 9.59 Å². The van der Waals surface area contributed by atoms with E-state index >= 15 is 0 Å². The Bertz CT molecular complexity index is 528. The average molecular weight is 308 g/mol. The fourth-order valence-electron chi connectivity index (χ4n) is 2.52. The van der Waals surface area contributed by atoms with Crippen molar-refractivity contribution in [2.24, 2.45) is 5.92 Å². The number of hydrogen-bond donors (Lipinski definition) is 2. The maximum atomic E-state index is 12.3. The van der Waals surface area contributed by atoms with Crippen LogP contribution in [0.5, 0.6) is 0 Å². The molecule has 22 heavy (non-hydrogen) atoms. The second-order valence-electron chi connectivity index (χ2n) is 5.20. The predicted molar refractivity (Wildman–Crippen MR) is 77.9 cm³/mol. The molecule has 7 heteroatoms. The molecule has 7 nitrogen and oxygen atoms in total. The van der Waals surface area contributed by atoms with Crippen LogP contribution in [0.2, 0.25) is 0 Å². The third kappa shape index (κ3) is 4.25. The highest BCUT2D eigenvalue weighted by Crippen LogP contribution is 2.19. The summed E-state index contributed by atoms with van der Waals surface area (Å²) in [5, 5.41) is 11.8. The van der Waals surface area contributed by atoms with E-state index in [0.29, 0.717) is 19.8 Å². The molecule has 120 valence electrons. The van der Waals surface area contributed by atoms with Crippen molar-refractivity contribution in [1.29, 1.82) is 0 Å². The van der Waals surface area contributed by atoms with Gasteiger partial charge in [0.15, 0.2) is 0 Å². The van der Waals surface area contributed by atoms with Crippen LogP contribution < -0.4 is 5.32 Å². The molecule has 1 amide bonds. The highest BCUT2D eigenvalue weighted by atomic mass is 16.5. The van der Waals surface area contributed by atoms with Gasteiger partial charge in [-0.05, 0) is 30.9 Å². The highest BCUT2D eigenvalue weighted by molar-refractivity contribution is 5.94. The van der Waals surface area contributed by atoms with Crippen LogP contribution >= 0.6 is 0 Å². The molecular formula is C15H20N2O5. The van der Waals surface area contributed by atoms with E-state index in [2.05, 4.69) is 10.3 Å². The Morgan fingerprint density at radius 1 is 1.41 bits per heavy atom. The molecule has 1 aromatic heterocycles. The number of pyridine rings is 1. The zero-order valence-corrected chi connectivity index (χ0v) is 12.4. The second-order valence-corrected chi connectivity index (χ2v) is 5.20. The summed E-state index contributed by atoms with van der Waals surface area (Å²) in [4.78, 5) is 27.1. The molecule has 2 N–H and O–H groups in total. The Hall–Kier alpha value is -1.99. The number of amides is 1. The van der Waals surface area contributed by atoms with Crippen LogP contribution in [0, 0.1) is 5.92 Å². The highest BCUT2D eigenvalue weighted by Gasteiger charge is 2.26. The zero-order chi connectivity index (χ0) is 15.9. The smallest absolute Gasteiger partial charge is 0.354 e.